The molecule has 14 heteroatoms. The molecule has 0 spiro atoms. The van der Waals surface area contributed by atoms with Gasteiger partial charge in [-0.05, 0) is 68.8 Å². The van der Waals surface area contributed by atoms with Gasteiger partial charge in [0.25, 0.3) is 8.32 Å². The molecule has 304 valence electrons. The summed E-state index contributed by atoms with van der Waals surface area (Å²) in [4.78, 5) is 13.9. The molecule has 0 aliphatic heterocycles. The predicted octanol–water partition coefficient (Wildman–Crippen LogP) is 6.88. The first-order chi connectivity index (χ1) is 28.5. The molecule has 59 heavy (non-hydrogen) atoms. The maximum atomic E-state index is 11.6. The summed E-state index contributed by atoms with van der Waals surface area (Å²) in [5, 5.41) is 33.5. The standard InChI is InChI=1S/C45H48ClN7O5Si/c1-45(2,3)59(34-12-8-6-9-13-34,35-14-10-7-11-15-35)58-27-29-25-48-53(26-29)37-24-36(40(54)41(37)55)52-28-47-39-42(50-44(46)51-43(39)52)49-38(30-16-20-32(56-4)21-17-30)31-18-22-33(57-5)23-19-31/h6-23,25-26,28,36-38,40-41,54-55H,24,27H2,1-5H3,(H,49,50,51)/t36-,37+,40+,41-/m1/s1. The van der Waals surface area contributed by atoms with Gasteiger partial charge < -0.3 is 34.0 Å². The second-order valence-corrected chi connectivity index (χ2v) is 20.6. The maximum Gasteiger partial charge on any atom is 0.261 e. The first-order valence-corrected chi connectivity index (χ1v) is 21.9. The minimum Gasteiger partial charge on any atom is -0.497 e. The van der Waals surface area contributed by atoms with E-state index in [1.807, 2.05) is 66.9 Å². The molecule has 1 saturated carbocycles. The average Bonchev–Trinajstić information content (AvgIpc) is 3.98. The summed E-state index contributed by atoms with van der Waals surface area (Å²) in [7, 11) is 0.469. The van der Waals surface area contributed by atoms with Crippen molar-refractivity contribution in [1.29, 1.82) is 0 Å². The van der Waals surface area contributed by atoms with Crippen molar-refractivity contribution in [2.24, 2.45) is 0 Å². The third-order valence-electron chi connectivity index (χ3n) is 11.4. The van der Waals surface area contributed by atoms with Gasteiger partial charge in [0.2, 0.25) is 5.28 Å². The summed E-state index contributed by atoms with van der Waals surface area (Å²) in [5.74, 6) is 1.88. The van der Waals surface area contributed by atoms with Crippen LogP contribution >= 0.6 is 11.6 Å². The molecule has 1 fully saturated rings. The topological polar surface area (TPSA) is 142 Å². The number of ether oxygens (including phenoxy) is 2. The molecule has 12 nitrogen and oxygen atoms in total. The van der Waals surface area contributed by atoms with Crippen LogP contribution in [0.3, 0.4) is 0 Å². The predicted molar refractivity (Wildman–Crippen MR) is 231 cm³/mol. The molecule has 0 bridgehead atoms. The van der Waals surface area contributed by atoms with Gasteiger partial charge in [0.15, 0.2) is 17.0 Å². The van der Waals surface area contributed by atoms with E-state index in [0.29, 0.717) is 30.0 Å². The minimum atomic E-state index is -2.79. The van der Waals surface area contributed by atoms with Crippen LogP contribution < -0.4 is 25.2 Å². The number of nitrogens with one attached hydrogen (secondary N) is 1. The number of rotatable bonds is 13. The number of aromatic nitrogens is 6. The van der Waals surface area contributed by atoms with Crippen molar-refractivity contribution in [1.82, 2.24) is 29.3 Å². The van der Waals surface area contributed by atoms with Gasteiger partial charge in [-0.3, -0.25) is 4.68 Å². The Morgan fingerprint density at radius 2 is 1.36 bits per heavy atom. The third-order valence-corrected chi connectivity index (χ3v) is 16.6. The van der Waals surface area contributed by atoms with Crippen LogP contribution in [0.25, 0.3) is 11.2 Å². The van der Waals surface area contributed by atoms with Crippen LogP contribution in [0.4, 0.5) is 5.82 Å². The number of hydrogen-bond donors (Lipinski definition) is 3. The molecular weight excluding hydrogens is 782 g/mol. The van der Waals surface area contributed by atoms with Crippen molar-refractivity contribution >= 4 is 47.3 Å². The van der Waals surface area contributed by atoms with E-state index in [0.717, 1.165) is 28.2 Å². The van der Waals surface area contributed by atoms with Gasteiger partial charge in [-0.25, -0.2) is 4.98 Å². The zero-order valence-electron chi connectivity index (χ0n) is 33.6. The van der Waals surface area contributed by atoms with Crippen LogP contribution in [0.1, 0.15) is 62.0 Å². The highest BCUT2D eigenvalue weighted by molar-refractivity contribution is 6.99. The highest BCUT2D eigenvalue weighted by Crippen LogP contribution is 2.41. The Labute approximate surface area is 349 Å². The lowest BCUT2D eigenvalue weighted by Crippen LogP contribution is -2.66. The van der Waals surface area contributed by atoms with Crippen molar-refractivity contribution in [2.45, 2.75) is 69.2 Å². The molecule has 0 unspecified atom stereocenters. The van der Waals surface area contributed by atoms with Gasteiger partial charge in [-0.15, -0.1) is 0 Å². The molecule has 7 aromatic rings. The largest absolute Gasteiger partial charge is 0.497 e. The zero-order valence-corrected chi connectivity index (χ0v) is 35.4. The number of fused-ring (bicyclic) bond motifs is 1. The van der Waals surface area contributed by atoms with Gasteiger partial charge >= 0.3 is 0 Å². The molecule has 4 atom stereocenters. The number of methoxy groups -OCH3 is 2. The Balaban J connectivity index is 1.06. The number of hydrogen-bond acceptors (Lipinski definition) is 10. The molecule has 0 saturated heterocycles. The van der Waals surface area contributed by atoms with Gasteiger partial charge in [-0.1, -0.05) is 106 Å². The van der Waals surface area contributed by atoms with E-state index in [-0.39, 0.29) is 16.4 Å². The lowest BCUT2D eigenvalue weighted by Gasteiger charge is -2.43. The minimum absolute atomic E-state index is 0.00662. The normalized spacial score (nSPS) is 18.4. The lowest BCUT2D eigenvalue weighted by molar-refractivity contribution is 0.00720. The monoisotopic (exact) mass is 829 g/mol. The Morgan fingerprint density at radius 1 is 0.797 bits per heavy atom. The van der Waals surface area contributed by atoms with E-state index >= 15 is 0 Å². The van der Waals surface area contributed by atoms with Gasteiger partial charge in [0.05, 0.1) is 51.5 Å². The van der Waals surface area contributed by atoms with Crippen molar-refractivity contribution < 1.29 is 24.1 Å². The Morgan fingerprint density at radius 3 is 1.90 bits per heavy atom. The first-order valence-electron chi connectivity index (χ1n) is 19.6. The number of benzene rings is 4. The number of aliphatic hydroxyl groups is 2. The number of nitrogens with zero attached hydrogens (tertiary/aromatic N) is 6. The van der Waals surface area contributed by atoms with Crippen LogP contribution in [0.15, 0.2) is 128 Å². The van der Waals surface area contributed by atoms with E-state index in [1.54, 1.807) is 36.0 Å². The van der Waals surface area contributed by atoms with Gasteiger partial charge in [0.1, 0.15) is 23.7 Å². The maximum absolute atomic E-state index is 11.6. The van der Waals surface area contributed by atoms with E-state index in [1.165, 1.54) is 10.4 Å². The smallest absolute Gasteiger partial charge is 0.261 e. The second kappa shape index (κ2) is 16.6. The summed E-state index contributed by atoms with van der Waals surface area (Å²) in [6.07, 6.45) is 3.40. The molecular formula is C45H48ClN7O5Si. The van der Waals surface area contributed by atoms with Crippen LogP contribution in [0, 0.1) is 0 Å². The van der Waals surface area contributed by atoms with Crippen LogP contribution in [0.5, 0.6) is 11.5 Å². The lowest BCUT2D eigenvalue weighted by atomic mass is 9.98. The summed E-state index contributed by atoms with van der Waals surface area (Å²) in [6.45, 7) is 7.07. The van der Waals surface area contributed by atoms with E-state index < -0.39 is 32.6 Å². The second-order valence-electron chi connectivity index (χ2n) is 15.9. The van der Waals surface area contributed by atoms with Crippen molar-refractivity contribution in [2.75, 3.05) is 19.5 Å². The fraction of sp³-hybridized carbons (Fsp3) is 0.289. The van der Waals surface area contributed by atoms with Crippen molar-refractivity contribution in [3.63, 3.8) is 0 Å². The number of aliphatic hydroxyl groups excluding tert-OH is 2. The Kier molecular flexibility index (Phi) is 11.3. The molecule has 4 aromatic carbocycles. The highest BCUT2D eigenvalue weighted by atomic mass is 35.5. The quantitative estimate of drug-likeness (QED) is 0.0833. The number of anilines is 1. The first kappa shape index (κ1) is 40.2. The van der Waals surface area contributed by atoms with E-state index in [4.69, 9.17) is 35.6 Å². The Bertz CT molecular complexity index is 2410. The van der Waals surface area contributed by atoms with Gasteiger partial charge in [0, 0.05) is 11.8 Å². The molecule has 1 aliphatic rings. The molecule has 3 N–H and O–H groups in total. The Hall–Kier alpha value is -5.57. The summed E-state index contributed by atoms with van der Waals surface area (Å²) < 4.78 is 21.5. The third kappa shape index (κ3) is 7.72. The summed E-state index contributed by atoms with van der Waals surface area (Å²) >= 11 is 6.60. The van der Waals surface area contributed by atoms with Crippen LogP contribution in [-0.2, 0) is 11.0 Å². The van der Waals surface area contributed by atoms with Crippen molar-refractivity contribution in [3.05, 3.63) is 150 Å². The highest BCUT2D eigenvalue weighted by Gasteiger charge is 2.50. The summed E-state index contributed by atoms with van der Waals surface area (Å²) in [6, 6.07) is 35.1. The van der Waals surface area contributed by atoms with Crippen LogP contribution in [0.2, 0.25) is 10.3 Å². The molecule has 3 heterocycles. The fourth-order valence-electron chi connectivity index (χ4n) is 8.43. The molecule has 0 amide bonds. The summed E-state index contributed by atoms with van der Waals surface area (Å²) in [5.41, 5.74) is 3.66. The van der Waals surface area contributed by atoms with Gasteiger partial charge in [-0.2, -0.15) is 15.1 Å². The molecule has 0 radical (unpaired) electrons. The molecule has 3 aromatic heterocycles. The van der Waals surface area contributed by atoms with E-state index in [2.05, 4.69) is 84.6 Å². The SMILES string of the molecule is COc1ccc(C(Nc2nc(Cl)nc3c2ncn3[C@@H]2C[C@H](n3cc(CO[Si](c4ccccc4)(c4ccccc4)C(C)(C)C)cn3)[C@@H](O)[C@H]2O)c2ccc(OC)cc2)cc1. The average molecular weight is 830 g/mol. The molecule has 8 rings (SSSR count). The van der Waals surface area contributed by atoms with Crippen LogP contribution in [-0.4, -0.2) is 74.3 Å². The fourth-order valence-corrected chi connectivity index (χ4v) is 13.1. The number of halogens is 1. The van der Waals surface area contributed by atoms with Crippen molar-refractivity contribution in [3.8, 4) is 11.5 Å². The number of imidazole rings is 1. The molecule has 1 aliphatic carbocycles. The van der Waals surface area contributed by atoms with E-state index in [9.17, 15) is 10.2 Å². The zero-order chi connectivity index (χ0) is 41.3.